The van der Waals surface area contributed by atoms with Crippen LogP contribution in [0.3, 0.4) is 0 Å². The van der Waals surface area contributed by atoms with Gasteiger partial charge >= 0.3 is 12.1 Å². The van der Waals surface area contributed by atoms with Gasteiger partial charge in [-0.2, -0.15) is 13.2 Å². The summed E-state index contributed by atoms with van der Waals surface area (Å²) in [5.74, 6) is -0.261. The standard InChI is InChI=1S/C13H13F3O3/c1-8(17)19-10-3-4-11-9(7-10)5-6-18-12(11,2)13(14,15)16/h3-4,7H,5-6H2,1-2H3. The zero-order valence-electron chi connectivity index (χ0n) is 10.5. The molecule has 1 aliphatic rings. The van der Waals surface area contributed by atoms with Gasteiger partial charge in [-0.15, -0.1) is 0 Å². The highest BCUT2D eigenvalue weighted by atomic mass is 19.4. The van der Waals surface area contributed by atoms with E-state index in [1.54, 1.807) is 0 Å². The van der Waals surface area contributed by atoms with Crippen molar-refractivity contribution in [2.45, 2.75) is 32.0 Å². The summed E-state index contributed by atoms with van der Waals surface area (Å²) in [6, 6.07) is 4.11. The van der Waals surface area contributed by atoms with Crippen molar-refractivity contribution in [2.75, 3.05) is 6.61 Å². The highest BCUT2D eigenvalue weighted by Gasteiger charge is 2.55. The largest absolute Gasteiger partial charge is 0.427 e. The van der Waals surface area contributed by atoms with Crippen LogP contribution in [0.5, 0.6) is 5.75 Å². The van der Waals surface area contributed by atoms with Crippen LogP contribution in [0.15, 0.2) is 18.2 Å². The second kappa shape index (κ2) is 4.52. The smallest absolute Gasteiger partial charge is 0.421 e. The van der Waals surface area contributed by atoms with Gasteiger partial charge in [0.25, 0.3) is 0 Å². The number of halogens is 3. The van der Waals surface area contributed by atoms with Gasteiger partial charge in [0.05, 0.1) is 6.61 Å². The first-order valence-corrected chi connectivity index (χ1v) is 5.76. The number of alkyl halides is 3. The Hall–Kier alpha value is -1.56. The van der Waals surface area contributed by atoms with Crippen molar-refractivity contribution in [3.63, 3.8) is 0 Å². The molecule has 0 spiro atoms. The molecular weight excluding hydrogens is 261 g/mol. The molecule has 1 aliphatic heterocycles. The van der Waals surface area contributed by atoms with E-state index in [0.29, 0.717) is 12.0 Å². The van der Waals surface area contributed by atoms with Crippen LogP contribution >= 0.6 is 0 Å². The van der Waals surface area contributed by atoms with E-state index in [0.717, 1.165) is 6.92 Å². The molecule has 0 radical (unpaired) electrons. The second-order valence-corrected chi connectivity index (χ2v) is 4.54. The number of carbonyl (C=O) groups excluding carboxylic acids is 1. The highest BCUT2D eigenvalue weighted by Crippen LogP contribution is 2.46. The van der Waals surface area contributed by atoms with Crippen molar-refractivity contribution < 1.29 is 27.4 Å². The third kappa shape index (κ3) is 2.45. The molecule has 1 unspecified atom stereocenters. The molecular formula is C13H13F3O3. The van der Waals surface area contributed by atoms with Crippen LogP contribution in [0, 0.1) is 0 Å². The highest BCUT2D eigenvalue weighted by molar-refractivity contribution is 5.69. The topological polar surface area (TPSA) is 35.5 Å². The molecule has 0 bridgehead atoms. The van der Waals surface area contributed by atoms with Crippen molar-refractivity contribution in [3.8, 4) is 5.75 Å². The Bertz CT molecular complexity index is 510. The molecule has 0 saturated carbocycles. The summed E-state index contributed by atoms with van der Waals surface area (Å²) in [7, 11) is 0. The van der Waals surface area contributed by atoms with Crippen LogP contribution in [-0.4, -0.2) is 18.8 Å². The number of rotatable bonds is 1. The second-order valence-electron chi connectivity index (χ2n) is 4.54. The lowest BCUT2D eigenvalue weighted by Gasteiger charge is -2.37. The molecule has 1 aromatic carbocycles. The minimum Gasteiger partial charge on any atom is -0.427 e. The minimum absolute atomic E-state index is 0.0213. The fourth-order valence-electron chi connectivity index (χ4n) is 2.15. The molecule has 1 heterocycles. The fraction of sp³-hybridized carbons (Fsp3) is 0.462. The first-order chi connectivity index (χ1) is 8.74. The van der Waals surface area contributed by atoms with Gasteiger partial charge in [-0.25, -0.2) is 0 Å². The van der Waals surface area contributed by atoms with Crippen LogP contribution in [0.2, 0.25) is 0 Å². The van der Waals surface area contributed by atoms with Gasteiger partial charge in [-0.3, -0.25) is 4.79 Å². The number of carbonyl (C=O) groups is 1. The van der Waals surface area contributed by atoms with Crippen LogP contribution in [0.4, 0.5) is 13.2 Å². The van der Waals surface area contributed by atoms with Crippen molar-refractivity contribution in [1.82, 2.24) is 0 Å². The van der Waals surface area contributed by atoms with Gasteiger partial charge < -0.3 is 9.47 Å². The van der Waals surface area contributed by atoms with Crippen LogP contribution < -0.4 is 4.74 Å². The van der Waals surface area contributed by atoms with Crippen LogP contribution in [-0.2, 0) is 21.6 Å². The van der Waals surface area contributed by atoms with Crippen molar-refractivity contribution in [2.24, 2.45) is 0 Å². The molecule has 0 aliphatic carbocycles. The summed E-state index contributed by atoms with van der Waals surface area (Å²) >= 11 is 0. The molecule has 0 saturated heterocycles. The number of esters is 1. The summed E-state index contributed by atoms with van der Waals surface area (Å²) in [5.41, 5.74) is -1.75. The summed E-state index contributed by atoms with van der Waals surface area (Å²) in [6.07, 6.45) is -4.14. The van der Waals surface area contributed by atoms with Crippen molar-refractivity contribution in [3.05, 3.63) is 29.3 Å². The van der Waals surface area contributed by atoms with E-state index in [1.807, 2.05) is 0 Å². The number of benzene rings is 1. The lowest BCUT2D eigenvalue weighted by Crippen LogP contribution is -2.45. The van der Waals surface area contributed by atoms with E-state index < -0.39 is 17.7 Å². The maximum atomic E-state index is 13.1. The average Bonchev–Trinajstić information content (AvgIpc) is 2.26. The number of fused-ring (bicyclic) bond motifs is 1. The third-order valence-electron chi connectivity index (χ3n) is 3.16. The number of ether oxygens (including phenoxy) is 2. The molecule has 0 N–H and O–H groups in total. The zero-order chi connectivity index (χ0) is 14.3. The Morgan fingerprint density at radius 1 is 1.42 bits per heavy atom. The summed E-state index contributed by atoms with van der Waals surface area (Å²) < 4.78 is 49.1. The van der Waals surface area contributed by atoms with Crippen LogP contribution in [0.1, 0.15) is 25.0 Å². The quantitative estimate of drug-likeness (QED) is 0.583. The van der Waals surface area contributed by atoms with E-state index in [-0.39, 0.29) is 17.9 Å². The molecule has 6 heteroatoms. The van der Waals surface area contributed by atoms with E-state index in [9.17, 15) is 18.0 Å². The van der Waals surface area contributed by atoms with Crippen molar-refractivity contribution >= 4 is 5.97 Å². The number of hydrogen-bond acceptors (Lipinski definition) is 3. The molecule has 3 nitrogen and oxygen atoms in total. The third-order valence-corrected chi connectivity index (χ3v) is 3.16. The summed E-state index contributed by atoms with van der Waals surface area (Å²) in [5, 5.41) is 0. The maximum absolute atomic E-state index is 13.1. The van der Waals surface area contributed by atoms with Crippen molar-refractivity contribution in [1.29, 1.82) is 0 Å². The lowest BCUT2D eigenvalue weighted by molar-refractivity contribution is -0.281. The van der Waals surface area contributed by atoms with E-state index in [1.165, 1.54) is 25.1 Å². The Morgan fingerprint density at radius 3 is 2.68 bits per heavy atom. The molecule has 19 heavy (non-hydrogen) atoms. The Morgan fingerprint density at radius 2 is 2.11 bits per heavy atom. The van der Waals surface area contributed by atoms with E-state index in [4.69, 9.17) is 9.47 Å². The predicted molar refractivity (Wildman–Crippen MR) is 60.8 cm³/mol. The summed E-state index contributed by atoms with van der Waals surface area (Å²) in [4.78, 5) is 10.8. The van der Waals surface area contributed by atoms with Gasteiger partial charge in [-0.05, 0) is 36.6 Å². The summed E-state index contributed by atoms with van der Waals surface area (Å²) in [6.45, 7) is 2.23. The van der Waals surface area contributed by atoms with Crippen LogP contribution in [0.25, 0.3) is 0 Å². The monoisotopic (exact) mass is 274 g/mol. The normalized spacial score (nSPS) is 22.8. The number of hydrogen-bond donors (Lipinski definition) is 0. The van der Waals surface area contributed by atoms with Gasteiger partial charge in [-0.1, -0.05) is 6.07 Å². The van der Waals surface area contributed by atoms with Gasteiger partial charge in [0.1, 0.15) is 5.75 Å². The molecule has 1 aromatic rings. The lowest BCUT2D eigenvalue weighted by atomic mass is 9.87. The van der Waals surface area contributed by atoms with Gasteiger partial charge in [0.15, 0.2) is 5.60 Å². The van der Waals surface area contributed by atoms with E-state index >= 15 is 0 Å². The average molecular weight is 274 g/mol. The Balaban J connectivity index is 2.44. The molecule has 0 amide bonds. The van der Waals surface area contributed by atoms with Gasteiger partial charge in [0.2, 0.25) is 0 Å². The molecule has 1 atom stereocenters. The molecule has 0 fully saturated rings. The maximum Gasteiger partial charge on any atom is 0.421 e. The first kappa shape index (κ1) is 13.9. The van der Waals surface area contributed by atoms with Gasteiger partial charge in [0, 0.05) is 6.92 Å². The predicted octanol–water partition coefficient (Wildman–Crippen LogP) is 2.96. The minimum atomic E-state index is -4.49. The van der Waals surface area contributed by atoms with E-state index in [2.05, 4.69) is 0 Å². The molecule has 2 rings (SSSR count). The Kier molecular flexibility index (Phi) is 3.30. The SMILES string of the molecule is CC(=O)Oc1ccc2c(c1)CCOC2(C)C(F)(F)F. The molecule has 104 valence electrons. The Labute approximate surface area is 108 Å². The zero-order valence-corrected chi connectivity index (χ0v) is 10.5. The fourth-order valence-corrected chi connectivity index (χ4v) is 2.15. The first-order valence-electron chi connectivity index (χ1n) is 5.76. The molecule has 0 aromatic heterocycles.